The molecule has 1 amide bonds. The van der Waals surface area contributed by atoms with Gasteiger partial charge in [-0.2, -0.15) is 0 Å². The lowest BCUT2D eigenvalue weighted by atomic mass is 10.2. The molecule has 0 bridgehead atoms. The Labute approximate surface area is 143 Å². The second kappa shape index (κ2) is 8.77. The number of rotatable bonds is 8. The standard InChI is InChI=1S/C20H24N2O2/c1-16(2)15-24-19-11-9-18(10-12-19)21-13-20(23)22(3)14-17-7-5-4-6-8-17/h4-12,21H,1,13-15H2,2-3H3. The van der Waals surface area contributed by atoms with Crippen molar-refractivity contribution in [3.8, 4) is 5.75 Å². The van der Waals surface area contributed by atoms with Crippen LogP contribution in [0.15, 0.2) is 66.7 Å². The normalized spacial score (nSPS) is 10.1. The van der Waals surface area contributed by atoms with Gasteiger partial charge in [-0.15, -0.1) is 0 Å². The highest BCUT2D eigenvalue weighted by Crippen LogP contribution is 2.16. The van der Waals surface area contributed by atoms with Crippen molar-refractivity contribution in [1.29, 1.82) is 0 Å². The van der Waals surface area contributed by atoms with E-state index in [1.807, 2.05) is 68.6 Å². The van der Waals surface area contributed by atoms with Crippen LogP contribution < -0.4 is 10.1 Å². The van der Waals surface area contributed by atoms with Gasteiger partial charge in [-0.1, -0.05) is 36.9 Å². The van der Waals surface area contributed by atoms with Crippen molar-refractivity contribution in [3.05, 3.63) is 72.3 Å². The number of anilines is 1. The maximum atomic E-state index is 12.2. The summed E-state index contributed by atoms with van der Waals surface area (Å²) in [4.78, 5) is 13.9. The first-order valence-corrected chi connectivity index (χ1v) is 7.93. The first kappa shape index (κ1) is 17.6. The van der Waals surface area contributed by atoms with Crippen LogP contribution in [-0.2, 0) is 11.3 Å². The largest absolute Gasteiger partial charge is 0.489 e. The number of likely N-dealkylation sites (N-methyl/N-ethyl adjacent to an activating group) is 1. The van der Waals surface area contributed by atoms with Gasteiger partial charge in [-0.3, -0.25) is 4.79 Å². The lowest BCUT2D eigenvalue weighted by molar-refractivity contribution is -0.128. The Kier molecular flexibility index (Phi) is 6.43. The van der Waals surface area contributed by atoms with Gasteiger partial charge in [0.2, 0.25) is 5.91 Å². The molecule has 126 valence electrons. The van der Waals surface area contributed by atoms with Crippen LogP contribution in [0.4, 0.5) is 5.69 Å². The quantitative estimate of drug-likeness (QED) is 0.753. The second-order valence-electron chi connectivity index (χ2n) is 5.86. The summed E-state index contributed by atoms with van der Waals surface area (Å²) in [6, 6.07) is 17.5. The molecule has 0 spiro atoms. The van der Waals surface area contributed by atoms with Gasteiger partial charge in [-0.05, 0) is 42.3 Å². The van der Waals surface area contributed by atoms with Gasteiger partial charge < -0.3 is 15.0 Å². The van der Waals surface area contributed by atoms with E-state index in [9.17, 15) is 4.79 Å². The highest BCUT2D eigenvalue weighted by atomic mass is 16.5. The van der Waals surface area contributed by atoms with Crippen LogP contribution in [0.3, 0.4) is 0 Å². The van der Waals surface area contributed by atoms with Crippen molar-refractivity contribution in [2.45, 2.75) is 13.5 Å². The predicted molar refractivity (Wildman–Crippen MR) is 98.2 cm³/mol. The molecule has 1 N–H and O–H groups in total. The number of nitrogens with one attached hydrogen (secondary N) is 1. The number of ether oxygens (including phenoxy) is 1. The van der Waals surface area contributed by atoms with E-state index < -0.39 is 0 Å². The van der Waals surface area contributed by atoms with E-state index in [0.717, 1.165) is 22.6 Å². The van der Waals surface area contributed by atoms with Gasteiger partial charge in [0, 0.05) is 19.3 Å². The van der Waals surface area contributed by atoms with Gasteiger partial charge in [0.25, 0.3) is 0 Å². The molecular formula is C20H24N2O2. The Balaban J connectivity index is 1.79. The Hall–Kier alpha value is -2.75. The molecule has 0 aromatic heterocycles. The van der Waals surface area contributed by atoms with Crippen LogP contribution in [0.1, 0.15) is 12.5 Å². The van der Waals surface area contributed by atoms with Gasteiger partial charge in [0.1, 0.15) is 12.4 Å². The Bertz CT molecular complexity index is 666. The number of carbonyl (C=O) groups excluding carboxylic acids is 1. The lowest BCUT2D eigenvalue weighted by Crippen LogP contribution is -2.31. The molecule has 2 aromatic carbocycles. The molecule has 0 atom stereocenters. The summed E-state index contributed by atoms with van der Waals surface area (Å²) in [5.41, 5.74) is 2.98. The maximum Gasteiger partial charge on any atom is 0.241 e. The van der Waals surface area contributed by atoms with E-state index in [-0.39, 0.29) is 12.5 Å². The summed E-state index contributed by atoms with van der Waals surface area (Å²) in [5.74, 6) is 0.831. The number of carbonyl (C=O) groups is 1. The molecule has 0 aliphatic heterocycles. The fraction of sp³-hybridized carbons (Fsp3) is 0.250. The minimum atomic E-state index is 0.0430. The van der Waals surface area contributed by atoms with Crippen molar-refractivity contribution in [2.75, 3.05) is 25.5 Å². The lowest BCUT2D eigenvalue weighted by Gasteiger charge is -2.18. The van der Waals surface area contributed by atoms with Crippen LogP contribution >= 0.6 is 0 Å². The molecule has 0 unspecified atom stereocenters. The van der Waals surface area contributed by atoms with Crippen molar-refractivity contribution in [3.63, 3.8) is 0 Å². The van der Waals surface area contributed by atoms with Gasteiger partial charge >= 0.3 is 0 Å². The molecule has 4 heteroatoms. The number of nitrogens with zero attached hydrogens (tertiary/aromatic N) is 1. The zero-order chi connectivity index (χ0) is 17.4. The SMILES string of the molecule is C=C(C)COc1ccc(NCC(=O)N(C)Cc2ccccc2)cc1. The van der Waals surface area contributed by atoms with Crippen LogP contribution in [0, 0.1) is 0 Å². The zero-order valence-corrected chi connectivity index (χ0v) is 14.3. The fourth-order valence-corrected chi connectivity index (χ4v) is 2.13. The van der Waals surface area contributed by atoms with Gasteiger partial charge in [0.15, 0.2) is 0 Å². The molecule has 0 aliphatic carbocycles. The highest BCUT2D eigenvalue weighted by Gasteiger charge is 2.08. The molecule has 0 saturated carbocycles. The molecule has 0 saturated heterocycles. The van der Waals surface area contributed by atoms with Crippen molar-refractivity contribution in [2.24, 2.45) is 0 Å². The third-order valence-corrected chi connectivity index (χ3v) is 3.47. The molecule has 0 radical (unpaired) electrons. The van der Waals surface area contributed by atoms with Crippen LogP contribution in [-0.4, -0.2) is 31.0 Å². The monoisotopic (exact) mass is 324 g/mol. The molecule has 2 rings (SSSR count). The average Bonchev–Trinajstić information content (AvgIpc) is 2.59. The molecule has 4 nitrogen and oxygen atoms in total. The summed E-state index contributed by atoms with van der Waals surface area (Å²) in [7, 11) is 1.81. The maximum absolute atomic E-state index is 12.2. The molecule has 0 aliphatic rings. The fourth-order valence-electron chi connectivity index (χ4n) is 2.13. The molecule has 0 heterocycles. The predicted octanol–water partition coefficient (Wildman–Crippen LogP) is 3.71. The van der Waals surface area contributed by atoms with Crippen molar-refractivity contribution in [1.82, 2.24) is 4.90 Å². The zero-order valence-electron chi connectivity index (χ0n) is 14.3. The van der Waals surface area contributed by atoms with Crippen molar-refractivity contribution >= 4 is 11.6 Å². The highest BCUT2D eigenvalue weighted by molar-refractivity contribution is 5.80. The first-order chi connectivity index (χ1) is 11.5. The van der Waals surface area contributed by atoms with Crippen LogP contribution in [0.25, 0.3) is 0 Å². The Morgan fingerprint density at radius 3 is 2.42 bits per heavy atom. The van der Waals surface area contributed by atoms with E-state index in [4.69, 9.17) is 4.74 Å². The molecule has 0 fully saturated rings. The second-order valence-corrected chi connectivity index (χ2v) is 5.86. The smallest absolute Gasteiger partial charge is 0.241 e. The number of hydrogen-bond donors (Lipinski definition) is 1. The van der Waals surface area contributed by atoms with Crippen LogP contribution in [0.2, 0.25) is 0 Å². The topological polar surface area (TPSA) is 41.6 Å². The minimum Gasteiger partial charge on any atom is -0.489 e. The number of hydrogen-bond acceptors (Lipinski definition) is 3. The Morgan fingerprint density at radius 1 is 1.12 bits per heavy atom. The van der Waals surface area contributed by atoms with E-state index in [1.54, 1.807) is 4.90 Å². The molecular weight excluding hydrogens is 300 g/mol. The van der Waals surface area contributed by atoms with Gasteiger partial charge in [0.05, 0.1) is 6.54 Å². The van der Waals surface area contributed by atoms with E-state index in [1.165, 1.54) is 0 Å². The average molecular weight is 324 g/mol. The van der Waals surface area contributed by atoms with Crippen LogP contribution in [0.5, 0.6) is 5.75 Å². The summed E-state index contributed by atoms with van der Waals surface area (Å²) in [5, 5.41) is 3.14. The van der Waals surface area contributed by atoms with Gasteiger partial charge in [-0.25, -0.2) is 0 Å². The third-order valence-electron chi connectivity index (χ3n) is 3.47. The summed E-state index contributed by atoms with van der Waals surface area (Å²) in [6.45, 7) is 7.10. The summed E-state index contributed by atoms with van der Waals surface area (Å²) < 4.78 is 5.55. The van der Waals surface area contributed by atoms with Crippen molar-refractivity contribution < 1.29 is 9.53 Å². The summed E-state index contributed by atoms with van der Waals surface area (Å²) in [6.07, 6.45) is 0. The van der Waals surface area contributed by atoms with E-state index >= 15 is 0 Å². The van der Waals surface area contributed by atoms with E-state index in [0.29, 0.717) is 13.2 Å². The third kappa shape index (κ3) is 5.80. The molecule has 24 heavy (non-hydrogen) atoms. The Morgan fingerprint density at radius 2 is 1.79 bits per heavy atom. The summed E-state index contributed by atoms with van der Waals surface area (Å²) >= 11 is 0. The first-order valence-electron chi connectivity index (χ1n) is 7.93. The molecule has 2 aromatic rings. The minimum absolute atomic E-state index is 0.0430. The number of benzene rings is 2. The number of amides is 1. The van der Waals surface area contributed by atoms with E-state index in [2.05, 4.69) is 11.9 Å².